The molecule has 6 fully saturated rings. The Hall–Kier alpha value is -1.63. The number of carbonyl (C=O) groups excluding carboxylic acids is 2. The van der Waals surface area contributed by atoms with Crippen LogP contribution in [0, 0.1) is 23.2 Å². The van der Waals surface area contributed by atoms with Gasteiger partial charge in [0, 0.05) is 38.2 Å². The number of hydrogen-bond acceptors (Lipinski definition) is 4. The normalized spacial score (nSPS) is 37.4. The number of morpholine rings is 2. The molecule has 172 valence electrons. The predicted molar refractivity (Wildman–Crippen MR) is 123 cm³/mol. The Morgan fingerprint density at radius 1 is 1.06 bits per heavy atom. The monoisotopic (exact) mass is 457 g/mol. The summed E-state index contributed by atoms with van der Waals surface area (Å²) >= 11 is 6.42. The third-order valence-electron chi connectivity index (χ3n) is 8.45. The van der Waals surface area contributed by atoms with Crippen LogP contribution in [0.15, 0.2) is 18.2 Å². The molecular weight excluding hydrogens is 426 g/mol. The van der Waals surface area contributed by atoms with Crippen molar-refractivity contribution in [1.29, 1.82) is 0 Å². The summed E-state index contributed by atoms with van der Waals surface area (Å²) in [5, 5.41) is 6.87. The van der Waals surface area contributed by atoms with E-state index in [9.17, 15) is 9.59 Å². The Bertz CT molecular complexity index is 888. The summed E-state index contributed by atoms with van der Waals surface area (Å²) in [6.07, 6.45) is 8.37. The molecule has 6 aliphatic rings. The van der Waals surface area contributed by atoms with Gasteiger partial charge in [-0.25, -0.2) is 0 Å². The molecule has 0 unspecified atom stereocenters. The lowest BCUT2D eigenvalue weighted by Crippen LogP contribution is -2.59. The Morgan fingerprint density at radius 3 is 2.31 bits per heavy atom. The van der Waals surface area contributed by atoms with Crippen LogP contribution in [0.5, 0.6) is 0 Å². The van der Waals surface area contributed by atoms with Crippen LogP contribution in [0.25, 0.3) is 0 Å². The molecule has 6 nitrogen and oxygen atoms in total. The van der Waals surface area contributed by atoms with Crippen molar-refractivity contribution in [1.82, 2.24) is 10.2 Å². The summed E-state index contributed by atoms with van der Waals surface area (Å²) in [5.41, 5.74) is 1.29. The molecule has 0 radical (unpaired) electrons. The van der Waals surface area contributed by atoms with Crippen LogP contribution < -0.4 is 10.6 Å². The highest BCUT2D eigenvalue weighted by Gasteiger charge is 2.51. The molecule has 2 aliphatic heterocycles. The Balaban J connectivity index is 1.14. The second-order valence-electron chi connectivity index (χ2n) is 11.1. The molecule has 2 heterocycles. The lowest BCUT2D eigenvalue weighted by Gasteiger charge is -2.56. The van der Waals surface area contributed by atoms with Gasteiger partial charge >= 0.3 is 0 Å². The molecule has 0 spiro atoms. The number of amides is 2. The van der Waals surface area contributed by atoms with Gasteiger partial charge in [0.15, 0.2) is 0 Å². The number of nitrogens with zero attached hydrogens (tertiary/aromatic N) is 1. The average Bonchev–Trinajstić information content (AvgIpc) is 2.73. The van der Waals surface area contributed by atoms with Crippen molar-refractivity contribution in [2.45, 2.75) is 57.2 Å². The Morgan fingerprint density at radius 2 is 1.69 bits per heavy atom. The van der Waals surface area contributed by atoms with Crippen LogP contribution in [0.3, 0.4) is 0 Å². The van der Waals surface area contributed by atoms with E-state index in [1.165, 1.54) is 38.5 Å². The molecule has 7 rings (SSSR count). The molecule has 1 aromatic carbocycles. The van der Waals surface area contributed by atoms with Gasteiger partial charge in [0.25, 0.3) is 5.91 Å². The van der Waals surface area contributed by atoms with Crippen LogP contribution >= 0.6 is 11.6 Å². The molecule has 6 bridgehead atoms. The number of benzene rings is 1. The van der Waals surface area contributed by atoms with Crippen LogP contribution in [0.4, 0.5) is 5.69 Å². The first kappa shape index (κ1) is 20.9. The fraction of sp³-hybridized carbons (Fsp3) is 0.680. The van der Waals surface area contributed by atoms with Crippen molar-refractivity contribution < 1.29 is 14.3 Å². The summed E-state index contributed by atoms with van der Waals surface area (Å²) in [5.74, 6) is 2.47. The summed E-state index contributed by atoms with van der Waals surface area (Å²) in [6.45, 7) is 2.70. The summed E-state index contributed by atoms with van der Waals surface area (Å²) in [7, 11) is 0. The quantitative estimate of drug-likeness (QED) is 0.723. The molecule has 2 amide bonds. The van der Waals surface area contributed by atoms with E-state index in [2.05, 4.69) is 10.6 Å². The van der Waals surface area contributed by atoms with Crippen LogP contribution in [0.2, 0.25) is 5.02 Å². The molecule has 1 aromatic rings. The minimum atomic E-state index is -0.0292. The first-order valence-electron chi connectivity index (χ1n) is 12.2. The van der Waals surface area contributed by atoms with Gasteiger partial charge in [-0.05, 0) is 79.9 Å². The van der Waals surface area contributed by atoms with E-state index < -0.39 is 0 Å². The number of hydrogen-bond donors (Lipinski definition) is 2. The summed E-state index contributed by atoms with van der Waals surface area (Å²) in [6, 6.07) is 5.21. The number of rotatable bonds is 4. The molecule has 4 aliphatic carbocycles. The summed E-state index contributed by atoms with van der Waals surface area (Å²) < 4.78 is 5.91. The topological polar surface area (TPSA) is 70.7 Å². The van der Waals surface area contributed by atoms with Gasteiger partial charge < -0.3 is 20.3 Å². The number of anilines is 1. The minimum absolute atomic E-state index is 0.0292. The largest absolute Gasteiger partial charge is 0.369 e. The number of nitrogens with one attached hydrogen (secondary N) is 2. The maximum Gasteiger partial charge on any atom is 0.254 e. The molecule has 0 aromatic heterocycles. The third kappa shape index (κ3) is 3.95. The highest BCUT2D eigenvalue weighted by Crippen LogP contribution is 2.61. The molecule has 2 N–H and O–H groups in total. The zero-order chi connectivity index (χ0) is 21.9. The predicted octanol–water partition coefficient (Wildman–Crippen LogP) is 3.70. The van der Waals surface area contributed by atoms with E-state index >= 15 is 0 Å². The lowest BCUT2D eigenvalue weighted by atomic mass is 9.49. The van der Waals surface area contributed by atoms with Gasteiger partial charge in [-0.1, -0.05) is 11.6 Å². The van der Waals surface area contributed by atoms with Gasteiger partial charge in [-0.15, -0.1) is 0 Å². The number of ether oxygens (including phenoxy) is 1. The van der Waals surface area contributed by atoms with Crippen molar-refractivity contribution in [2.75, 3.05) is 31.5 Å². The minimum Gasteiger partial charge on any atom is -0.369 e. The molecule has 2 atom stereocenters. The van der Waals surface area contributed by atoms with E-state index in [4.69, 9.17) is 16.3 Å². The van der Waals surface area contributed by atoms with E-state index in [1.54, 1.807) is 18.2 Å². The Labute approximate surface area is 194 Å². The maximum absolute atomic E-state index is 13.2. The second kappa shape index (κ2) is 8.00. The Kier molecular flexibility index (Phi) is 5.23. The number of carbonyl (C=O) groups is 2. The molecule has 32 heavy (non-hydrogen) atoms. The van der Waals surface area contributed by atoms with Crippen LogP contribution in [-0.4, -0.2) is 55.1 Å². The van der Waals surface area contributed by atoms with E-state index in [1.807, 2.05) is 4.90 Å². The van der Waals surface area contributed by atoms with Crippen LogP contribution in [0.1, 0.15) is 55.3 Å². The zero-order valence-electron chi connectivity index (χ0n) is 18.4. The highest BCUT2D eigenvalue weighted by atomic mass is 35.5. The van der Waals surface area contributed by atoms with Gasteiger partial charge in [-0.2, -0.15) is 0 Å². The molecule has 2 saturated heterocycles. The van der Waals surface area contributed by atoms with Gasteiger partial charge in [-0.3, -0.25) is 9.59 Å². The third-order valence-corrected chi connectivity index (χ3v) is 8.78. The van der Waals surface area contributed by atoms with Gasteiger partial charge in [0.05, 0.1) is 22.9 Å². The lowest BCUT2D eigenvalue weighted by molar-refractivity contribution is -0.124. The molecule has 7 heteroatoms. The van der Waals surface area contributed by atoms with E-state index in [-0.39, 0.29) is 29.4 Å². The van der Waals surface area contributed by atoms with Crippen molar-refractivity contribution in [3.8, 4) is 0 Å². The van der Waals surface area contributed by atoms with E-state index in [0.29, 0.717) is 35.8 Å². The average molecular weight is 458 g/mol. The number of halogens is 1. The smallest absolute Gasteiger partial charge is 0.254 e. The zero-order valence-corrected chi connectivity index (χ0v) is 19.2. The molecular formula is C25H32ClN3O3. The summed E-state index contributed by atoms with van der Waals surface area (Å²) in [4.78, 5) is 28.1. The fourth-order valence-electron chi connectivity index (χ4n) is 7.70. The number of fused-ring (bicyclic) bond motifs is 2. The fourth-order valence-corrected chi connectivity index (χ4v) is 7.86. The van der Waals surface area contributed by atoms with Crippen molar-refractivity contribution in [3.05, 3.63) is 28.8 Å². The second-order valence-corrected chi connectivity index (χ2v) is 11.5. The van der Waals surface area contributed by atoms with Crippen molar-refractivity contribution in [2.24, 2.45) is 23.2 Å². The van der Waals surface area contributed by atoms with Crippen LogP contribution in [-0.2, 0) is 9.53 Å². The first-order valence-corrected chi connectivity index (χ1v) is 12.6. The first-order chi connectivity index (χ1) is 15.4. The molecule has 4 saturated carbocycles. The standard InChI is InChI=1S/C25H32ClN3O3/c26-21-2-1-18(24(31)29-13-19-11-27-12-20(14-29)32-19)6-22(21)28-23(30)10-25-7-15-3-16(8-25)5-17(4-15)9-25/h1-2,6,15-17,19-20,27H,3-5,7-14H2,(H,28,30)/t15?,16?,17?,19-,20+,25?. The van der Waals surface area contributed by atoms with E-state index in [0.717, 1.165) is 30.8 Å². The highest BCUT2D eigenvalue weighted by molar-refractivity contribution is 6.33. The SMILES string of the molecule is O=C(CC12CC3CC(CC(C3)C1)C2)Nc1cc(C(=O)N2C[C@H]3CNC[C@@H](C2)O3)ccc1Cl. The van der Waals surface area contributed by atoms with Crippen molar-refractivity contribution in [3.63, 3.8) is 0 Å². The maximum atomic E-state index is 13.2. The van der Waals surface area contributed by atoms with Gasteiger partial charge in [0.2, 0.25) is 5.91 Å². The van der Waals surface area contributed by atoms with Crippen molar-refractivity contribution >= 4 is 29.1 Å². The van der Waals surface area contributed by atoms with Gasteiger partial charge in [0.1, 0.15) is 0 Å².